The van der Waals surface area contributed by atoms with Gasteiger partial charge < -0.3 is 10.1 Å². The monoisotopic (exact) mass is 294 g/mol. The predicted molar refractivity (Wildman–Crippen MR) is 82.7 cm³/mol. The molecule has 20 heavy (non-hydrogen) atoms. The fourth-order valence-corrected chi connectivity index (χ4v) is 3.50. The number of nitrogens with zero attached hydrogens (tertiary/aromatic N) is 1. The Balaban J connectivity index is 1.56. The standard InChI is InChI=1S/C16H23ClN2O/c1-19(14-3-2-7-18-8-6-14)11-15-10-12-9-13(17)4-5-16(12)20-15/h4-5,9,14-15,18H,2-3,6-8,10-11H2,1H3. The molecule has 1 N–H and O–H groups in total. The highest BCUT2D eigenvalue weighted by atomic mass is 35.5. The van der Waals surface area contributed by atoms with Gasteiger partial charge in [0.15, 0.2) is 0 Å². The largest absolute Gasteiger partial charge is 0.488 e. The Kier molecular flexibility index (Phi) is 4.49. The molecule has 2 unspecified atom stereocenters. The molecule has 0 saturated carbocycles. The molecule has 3 nitrogen and oxygen atoms in total. The Morgan fingerprint density at radius 1 is 1.35 bits per heavy atom. The number of benzene rings is 1. The zero-order valence-corrected chi connectivity index (χ0v) is 12.8. The van der Waals surface area contributed by atoms with Crippen molar-refractivity contribution in [2.24, 2.45) is 0 Å². The third-order valence-electron chi connectivity index (χ3n) is 4.42. The van der Waals surface area contributed by atoms with Gasteiger partial charge in [-0.3, -0.25) is 4.90 Å². The van der Waals surface area contributed by atoms with Crippen molar-refractivity contribution in [1.29, 1.82) is 0 Å². The second-order valence-electron chi connectivity index (χ2n) is 5.97. The number of nitrogens with one attached hydrogen (secondary N) is 1. The third-order valence-corrected chi connectivity index (χ3v) is 4.66. The molecule has 3 rings (SSSR count). The van der Waals surface area contributed by atoms with E-state index in [9.17, 15) is 0 Å². The van der Waals surface area contributed by atoms with Crippen molar-refractivity contribution < 1.29 is 4.74 Å². The van der Waals surface area contributed by atoms with Gasteiger partial charge in [0, 0.05) is 24.0 Å². The Labute approximate surface area is 126 Å². The van der Waals surface area contributed by atoms with E-state index in [2.05, 4.69) is 17.3 Å². The number of fused-ring (bicyclic) bond motifs is 1. The van der Waals surface area contributed by atoms with E-state index < -0.39 is 0 Å². The van der Waals surface area contributed by atoms with Gasteiger partial charge in [0.1, 0.15) is 11.9 Å². The minimum absolute atomic E-state index is 0.268. The fraction of sp³-hybridized carbons (Fsp3) is 0.625. The summed E-state index contributed by atoms with van der Waals surface area (Å²) in [6.07, 6.45) is 5.04. The topological polar surface area (TPSA) is 24.5 Å². The SMILES string of the molecule is CN(CC1Cc2cc(Cl)ccc2O1)C1CCCNCC1. The van der Waals surface area contributed by atoms with Gasteiger partial charge in [-0.15, -0.1) is 0 Å². The number of hydrogen-bond donors (Lipinski definition) is 1. The van der Waals surface area contributed by atoms with E-state index in [-0.39, 0.29) is 6.10 Å². The van der Waals surface area contributed by atoms with E-state index in [4.69, 9.17) is 16.3 Å². The number of rotatable bonds is 3. The van der Waals surface area contributed by atoms with Crippen molar-refractivity contribution in [1.82, 2.24) is 10.2 Å². The van der Waals surface area contributed by atoms with Gasteiger partial charge in [0.2, 0.25) is 0 Å². The third kappa shape index (κ3) is 3.27. The summed E-state index contributed by atoms with van der Waals surface area (Å²) < 4.78 is 6.04. The van der Waals surface area contributed by atoms with Crippen molar-refractivity contribution >= 4 is 11.6 Å². The van der Waals surface area contributed by atoms with Crippen LogP contribution in [-0.4, -0.2) is 43.7 Å². The van der Waals surface area contributed by atoms with Crippen LogP contribution in [0.3, 0.4) is 0 Å². The molecule has 1 aromatic rings. The normalized spacial score (nSPS) is 26.1. The summed E-state index contributed by atoms with van der Waals surface area (Å²) in [7, 11) is 2.23. The smallest absolute Gasteiger partial charge is 0.123 e. The van der Waals surface area contributed by atoms with Gasteiger partial charge in [0.25, 0.3) is 0 Å². The molecule has 2 aliphatic rings. The van der Waals surface area contributed by atoms with Crippen molar-refractivity contribution in [3.63, 3.8) is 0 Å². The average Bonchev–Trinajstić information content (AvgIpc) is 2.64. The van der Waals surface area contributed by atoms with Crippen LogP contribution in [-0.2, 0) is 6.42 Å². The van der Waals surface area contributed by atoms with Crippen LogP contribution >= 0.6 is 11.6 Å². The molecule has 1 aromatic carbocycles. The van der Waals surface area contributed by atoms with Gasteiger partial charge in [0.05, 0.1) is 0 Å². The molecule has 4 heteroatoms. The minimum atomic E-state index is 0.268. The maximum Gasteiger partial charge on any atom is 0.123 e. The summed E-state index contributed by atoms with van der Waals surface area (Å²) in [5.74, 6) is 1.01. The average molecular weight is 295 g/mol. The van der Waals surface area contributed by atoms with Crippen LogP contribution in [0.2, 0.25) is 5.02 Å². The number of ether oxygens (including phenoxy) is 1. The van der Waals surface area contributed by atoms with Crippen molar-refractivity contribution in [2.75, 3.05) is 26.7 Å². The zero-order chi connectivity index (χ0) is 13.9. The summed E-state index contributed by atoms with van der Waals surface area (Å²) in [6.45, 7) is 3.29. The Bertz CT molecular complexity index is 458. The van der Waals surface area contributed by atoms with Gasteiger partial charge in [-0.25, -0.2) is 0 Å². The summed E-state index contributed by atoms with van der Waals surface area (Å²) in [6, 6.07) is 6.62. The van der Waals surface area contributed by atoms with Gasteiger partial charge >= 0.3 is 0 Å². The van der Waals surface area contributed by atoms with Crippen LogP contribution < -0.4 is 10.1 Å². The van der Waals surface area contributed by atoms with E-state index >= 15 is 0 Å². The zero-order valence-electron chi connectivity index (χ0n) is 12.1. The molecule has 0 bridgehead atoms. The molecule has 2 atom stereocenters. The van der Waals surface area contributed by atoms with E-state index in [1.54, 1.807) is 0 Å². The molecular formula is C16H23ClN2O. The van der Waals surface area contributed by atoms with Crippen LogP contribution in [0, 0.1) is 0 Å². The quantitative estimate of drug-likeness (QED) is 0.928. The van der Waals surface area contributed by atoms with Crippen LogP contribution in [0.4, 0.5) is 0 Å². The Hall–Kier alpha value is -0.770. The van der Waals surface area contributed by atoms with Crippen LogP contribution in [0.25, 0.3) is 0 Å². The maximum absolute atomic E-state index is 6.04. The molecule has 1 fully saturated rings. The summed E-state index contributed by atoms with van der Waals surface area (Å²) in [4.78, 5) is 2.48. The molecule has 1 saturated heterocycles. The summed E-state index contributed by atoms with van der Waals surface area (Å²) >= 11 is 6.04. The van der Waals surface area contributed by atoms with Crippen LogP contribution in [0.15, 0.2) is 18.2 Å². The van der Waals surface area contributed by atoms with E-state index in [1.807, 2.05) is 18.2 Å². The van der Waals surface area contributed by atoms with E-state index in [0.717, 1.165) is 36.8 Å². The van der Waals surface area contributed by atoms with Crippen molar-refractivity contribution in [3.8, 4) is 5.75 Å². The number of hydrogen-bond acceptors (Lipinski definition) is 3. The fourth-order valence-electron chi connectivity index (χ4n) is 3.30. The van der Waals surface area contributed by atoms with Crippen LogP contribution in [0.1, 0.15) is 24.8 Å². The summed E-state index contributed by atoms with van der Waals surface area (Å²) in [5.41, 5.74) is 1.25. The first kappa shape index (κ1) is 14.2. The number of likely N-dealkylation sites (N-methyl/N-ethyl adjacent to an activating group) is 1. The molecule has 0 radical (unpaired) electrons. The van der Waals surface area contributed by atoms with E-state index in [1.165, 1.54) is 24.8 Å². The van der Waals surface area contributed by atoms with Crippen LogP contribution in [0.5, 0.6) is 5.75 Å². The summed E-state index contributed by atoms with van der Waals surface area (Å²) in [5, 5.41) is 4.28. The molecule has 0 aromatic heterocycles. The highest BCUT2D eigenvalue weighted by molar-refractivity contribution is 6.30. The van der Waals surface area contributed by atoms with Gasteiger partial charge in [-0.1, -0.05) is 11.6 Å². The first-order valence-corrected chi connectivity index (χ1v) is 7.96. The molecule has 0 amide bonds. The lowest BCUT2D eigenvalue weighted by Gasteiger charge is -2.28. The minimum Gasteiger partial charge on any atom is -0.488 e. The Morgan fingerprint density at radius 2 is 2.25 bits per heavy atom. The van der Waals surface area contributed by atoms with E-state index in [0.29, 0.717) is 6.04 Å². The lowest BCUT2D eigenvalue weighted by molar-refractivity contribution is 0.132. The van der Waals surface area contributed by atoms with Crippen molar-refractivity contribution in [3.05, 3.63) is 28.8 Å². The lowest BCUT2D eigenvalue weighted by atomic mass is 10.1. The lowest BCUT2D eigenvalue weighted by Crippen LogP contribution is -2.39. The second kappa shape index (κ2) is 6.33. The molecule has 0 spiro atoms. The molecular weight excluding hydrogens is 272 g/mol. The maximum atomic E-state index is 6.04. The first-order valence-electron chi connectivity index (χ1n) is 7.58. The number of halogens is 1. The first-order chi connectivity index (χ1) is 9.72. The van der Waals surface area contributed by atoms with Gasteiger partial charge in [-0.05, 0) is 63.2 Å². The predicted octanol–water partition coefficient (Wildman–Crippen LogP) is 2.72. The molecule has 2 aliphatic heterocycles. The molecule has 110 valence electrons. The highest BCUT2D eigenvalue weighted by Gasteiger charge is 2.26. The highest BCUT2D eigenvalue weighted by Crippen LogP contribution is 2.31. The molecule has 2 heterocycles. The Morgan fingerprint density at radius 3 is 3.15 bits per heavy atom. The van der Waals surface area contributed by atoms with Crippen molar-refractivity contribution in [2.45, 2.75) is 37.8 Å². The second-order valence-corrected chi connectivity index (χ2v) is 6.41. The van der Waals surface area contributed by atoms with Gasteiger partial charge in [-0.2, -0.15) is 0 Å². The molecule has 0 aliphatic carbocycles.